The smallest absolute Gasteiger partial charge is 0.389 e. The summed E-state index contributed by atoms with van der Waals surface area (Å²) >= 11 is 0. The van der Waals surface area contributed by atoms with Crippen LogP contribution in [-0.2, 0) is 9.53 Å². The van der Waals surface area contributed by atoms with Gasteiger partial charge in [-0.05, 0) is 6.42 Å². The van der Waals surface area contributed by atoms with Gasteiger partial charge in [0.15, 0.2) is 6.10 Å². The molecule has 72 valence electrons. The number of carbonyl (C=O) groups excluding carboxylic acids is 1. The maximum Gasteiger partial charge on any atom is 0.389 e. The average molecular weight is 186 g/mol. The van der Waals surface area contributed by atoms with Gasteiger partial charge < -0.3 is 9.84 Å². The highest BCUT2D eigenvalue weighted by molar-refractivity contribution is 5.74. The van der Waals surface area contributed by atoms with Gasteiger partial charge in [0.25, 0.3) is 0 Å². The van der Waals surface area contributed by atoms with Crippen LogP contribution in [0.3, 0.4) is 0 Å². The molecule has 1 unspecified atom stereocenters. The van der Waals surface area contributed by atoms with Crippen LogP contribution in [0.25, 0.3) is 0 Å². The molecule has 0 aromatic heterocycles. The molecule has 0 aromatic carbocycles. The lowest BCUT2D eigenvalue weighted by Crippen LogP contribution is -2.24. The maximum absolute atomic E-state index is 11.5. The molecule has 0 bridgehead atoms. The number of hydrogen-bond acceptors (Lipinski definition) is 3. The predicted octanol–water partition coefficient (Wildman–Crippen LogP) is 0.863. The highest BCUT2D eigenvalue weighted by Crippen LogP contribution is 2.22. The molecule has 0 amide bonds. The quantitative estimate of drug-likeness (QED) is 0.665. The van der Waals surface area contributed by atoms with Crippen molar-refractivity contribution in [2.45, 2.75) is 25.1 Å². The Morgan fingerprint density at radius 3 is 2.42 bits per heavy atom. The number of alkyl halides is 3. The topological polar surface area (TPSA) is 46.5 Å². The van der Waals surface area contributed by atoms with E-state index in [1.807, 2.05) is 0 Å². The van der Waals surface area contributed by atoms with Gasteiger partial charge in [-0.2, -0.15) is 13.2 Å². The first-order valence-electron chi connectivity index (χ1n) is 3.19. The van der Waals surface area contributed by atoms with Crippen molar-refractivity contribution in [2.24, 2.45) is 0 Å². The van der Waals surface area contributed by atoms with Crippen molar-refractivity contribution in [1.29, 1.82) is 0 Å². The zero-order valence-corrected chi connectivity index (χ0v) is 6.39. The number of methoxy groups -OCH3 is 1. The Bertz CT molecular complexity index is 155. The van der Waals surface area contributed by atoms with Crippen LogP contribution in [-0.4, -0.2) is 30.5 Å². The van der Waals surface area contributed by atoms with Crippen molar-refractivity contribution in [2.75, 3.05) is 7.11 Å². The molecule has 6 heteroatoms. The van der Waals surface area contributed by atoms with Crippen molar-refractivity contribution in [1.82, 2.24) is 0 Å². The van der Waals surface area contributed by atoms with Crippen LogP contribution >= 0.6 is 0 Å². The molecule has 3 nitrogen and oxygen atoms in total. The molecule has 0 heterocycles. The standard InChI is InChI=1S/C6H9F3O3/c1-12-5(11)4(10)2-3-6(7,8)9/h4,10H,2-3H2,1H3. The van der Waals surface area contributed by atoms with Crippen LogP contribution in [0, 0.1) is 0 Å². The molecule has 0 spiro atoms. The van der Waals surface area contributed by atoms with E-state index in [1.54, 1.807) is 0 Å². The fraction of sp³-hybridized carbons (Fsp3) is 0.833. The Morgan fingerprint density at radius 1 is 1.58 bits per heavy atom. The summed E-state index contributed by atoms with van der Waals surface area (Å²) in [5.41, 5.74) is 0. The van der Waals surface area contributed by atoms with Gasteiger partial charge in [-0.25, -0.2) is 4.79 Å². The Hall–Kier alpha value is -0.780. The number of aliphatic hydroxyl groups is 1. The molecule has 0 saturated heterocycles. The molecule has 0 rings (SSSR count). The van der Waals surface area contributed by atoms with Crippen molar-refractivity contribution >= 4 is 5.97 Å². The van der Waals surface area contributed by atoms with Gasteiger partial charge in [0.1, 0.15) is 0 Å². The minimum absolute atomic E-state index is 0.657. The molecule has 0 aromatic rings. The summed E-state index contributed by atoms with van der Waals surface area (Å²) in [4.78, 5) is 10.4. The van der Waals surface area contributed by atoms with E-state index in [-0.39, 0.29) is 0 Å². The second-order valence-electron chi connectivity index (χ2n) is 2.19. The minimum Gasteiger partial charge on any atom is -0.467 e. The van der Waals surface area contributed by atoms with Crippen LogP contribution < -0.4 is 0 Å². The lowest BCUT2D eigenvalue weighted by atomic mass is 10.2. The summed E-state index contributed by atoms with van der Waals surface area (Å²) < 4.78 is 38.6. The number of carbonyl (C=O) groups is 1. The molecule has 1 atom stereocenters. The lowest BCUT2D eigenvalue weighted by Gasteiger charge is -2.09. The third-order valence-corrected chi connectivity index (χ3v) is 1.17. The summed E-state index contributed by atoms with van der Waals surface area (Å²) in [6.45, 7) is 0. The van der Waals surface area contributed by atoms with Gasteiger partial charge in [-0.3, -0.25) is 0 Å². The molecule has 0 aliphatic heterocycles. The van der Waals surface area contributed by atoms with E-state index in [0.717, 1.165) is 7.11 Å². The van der Waals surface area contributed by atoms with Crippen molar-refractivity contribution in [3.8, 4) is 0 Å². The number of hydrogen-bond donors (Lipinski definition) is 1. The Kier molecular flexibility index (Phi) is 4.02. The number of ether oxygens (including phenoxy) is 1. The van der Waals surface area contributed by atoms with Gasteiger partial charge in [0.2, 0.25) is 0 Å². The summed E-state index contributed by atoms with van der Waals surface area (Å²) in [6.07, 6.45) is -7.88. The summed E-state index contributed by atoms with van der Waals surface area (Å²) in [7, 11) is 0.999. The van der Waals surface area contributed by atoms with Crippen LogP contribution in [0.5, 0.6) is 0 Å². The van der Waals surface area contributed by atoms with Gasteiger partial charge in [0.05, 0.1) is 7.11 Å². The molecule has 0 aliphatic rings. The highest BCUT2D eigenvalue weighted by atomic mass is 19.4. The van der Waals surface area contributed by atoms with E-state index in [1.165, 1.54) is 0 Å². The van der Waals surface area contributed by atoms with Gasteiger partial charge >= 0.3 is 12.1 Å². The van der Waals surface area contributed by atoms with Crippen molar-refractivity contribution < 1.29 is 27.8 Å². The molecule has 12 heavy (non-hydrogen) atoms. The van der Waals surface area contributed by atoms with Crippen LogP contribution in [0.2, 0.25) is 0 Å². The number of aliphatic hydroxyl groups excluding tert-OH is 1. The minimum atomic E-state index is -4.35. The third kappa shape index (κ3) is 4.95. The monoisotopic (exact) mass is 186 g/mol. The average Bonchev–Trinajstić information content (AvgIpc) is 1.97. The summed E-state index contributed by atoms with van der Waals surface area (Å²) in [5, 5.41) is 8.71. The Labute approximate surface area is 67.1 Å². The zero-order chi connectivity index (χ0) is 9.78. The molecule has 0 aliphatic carbocycles. The van der Waals surface area contributed by atoms with E-state index in [9.17, 15) is 18.0 Å². The fourth-order valence-corrected chi connectivity index (χ4v) is 0.554. The summed E-state index contributed by atoms with van der Waals surface area (Å²) in [6, 6.07) is 0. The molecule has 0 fully saturated rings. The highest BCUT2D eigenvalue weighted by Gasteiger charge is 2.29. The fourth-order valence-electron chi connectivity index (χ4n) is 0.554. The van der Waals surface area contributed by atoms with E-state index in [0.29, 0.717) is 0 Å². The molecular weight excluding hydrogens is 177 g/mol. The summed E-state index contributed by atoms with van der Waals surface area (Å²) in [5.74, 6) is -1.04. The first kappa shape index (κ1) is 11.2. The van der Waals surface area contributed by atoms with E-state index < -0.39 is 31.1 Å². The Morgan fingerprint density at radius 2 is 2.08 bits per heavy atom. The molecule has 0 radical (unpaired) electrons. The van der Waals surface area contributed by atoms with Crippen LogP contribution in [0.1, 0.15) is 12.8 Å². The molecular formula is C6H9F3O3. The second-order valence-corrected chi connectivity index (χ2v) is 2.19. The normalized spacial score (nSPS) is 14.1. The van der Waals surface area contributed by atoms with E-state index in [4.69, 9.17) is 5.11 Å². The van der Waals surface area contributed by atoms with Gasteiger partial charge in [-0.15, -0.1) is 0 Å². The van der Waals surface area contributed by atoms with Gasteiger partial charge in [0, 0.05) is 6.42 Å². The van der Waals surface area contributed by atoms with Crippen LogP contribution in [0.4, 0.5) is 13.2 Å². The number of esters is 1. The third-order valence-electron chi connectivity index (χ3n) is 1.17. The Balaban J connectivity index is 3.72. The first-order chi connectivity index (χ1) is 5.37. The van der Waals surface area contributed by atoms with Crippen molar-refractivity contribution in [3.05, 3.63) is 0 Å². The largest absolute Gasteiger partial charge is 0.467 e. The van der Waals surface area contributed by atoms with E-state index >= 15 is 0 Å². The van der Waals surface area contributed by atoms with Crippen molar-refractivity contribution in [3.63, 3.8) is 0 Å². The zero-order valence-electron chi connectivity index (χ0n) is 6.39. The maximum atomic E-state index is 11.5. The van der Waals surface area contributed by atoms with Crippen LogP contribution in [0.15, 0.2) is 0 Å². The number of rotatable bonds is 3. The van der Waals surface area contributed by atoms with Gasteiger partial charge in [-0.1, -0.05) is 0 Å². The SMILES string of the molecule is COC(=O)C(O)CCC(F)(F)F. The predicted molar refractivity (Wildman–Crippen MR) is 33.3 cm³/mol. The first-order valence-corrected chi connectivity index (χ1v) is 3.19. The number of halogens is 3. The molecule has 0 saturated carbocycles. The second kappa shape index (κ2) is 4.30. The molecule has 1 N–H and O–H groups in total. The lowest BCUT2D eigenvalue weighted by molar-refractivity contribution is -0.157. The van der Waals surface area contributed by atoms with E-state index in [2.05, 4.69) is 4.74 Å².